The first kappa shape index (κ1) is 10.6. The van der Waals surface area contributed by atoms with Crippen LogP contribution in [-0.2, 0) is 4.79 Å². The van der Waals surface area contributed by atoms with E-state index in [1.807, 2.05) is 0 Å². The van der Waals surface area contributed by atoms with Gasteiger partial charge in [-0.05, 0) is 12.8 Å². The zero-order valence-electron chi connectivity index (χ0n) is 6.81. The van der Waals surface area contributed by atoms with E-state index in [2.05, 4.69) is 22.6 Å². The number of carbonyl (C=O) groups is 2. The van der Waals surface area contributed by atoms with E-state index in [4.69, 9.17) is 10.2 Å². The molecule has 1 aliphatic rings. The molecular formula is C7H10INO4. The van der Waals surface area contributed by atoms with Gasteiger partial charge in [-0.25, -0.2) is 9.59 Å². The molecule has 2 unspecified atom stereocenters. The first-order valence-corrected chi connectivity index (χ1v) is 5.13. The van der Waals surface area contributed by atoms with Crippen LogP contribution in [0.1, 0.15) is 12.8 Å². The number of hydrogen-bond acceptors (Lipinski definition) is 2. The monoisotopic (exact) mass is 299 g/mol. The molecule has 1 saturated heterocycles. The first-order valence-electron chi connectivity index (χ1n) is 3.89. The normalized spacial score (nSPS) is 28.5. The number of halogens is 1. The van der Waals surface area contributed by atoms with Crippen molar-refractivity contribution in [1.82, 2.24) is 4.90 Å². The topological polar surface area (TPSA) is 77.8 Å². The Kier molecular flexibility index (Phi) is 3.34. The average molecular weight is 299 g/mol. The maximum atomic E-state index is 10.7. The maximum Gasteiger partial charge on any atom is 0.408 e. The largest absolute Gasteiger partial charge is 0.480 e. The summed E-state index contributed by atoms with van der Waals surface area (Å²) < 4.78 is 0.259. The van der Waals surface area contributed by atoms with Crippen molar-refractivity contribution < 1.29 is 19.8 Å². The van der Waals surface area contributed by atoms with E-state index in [1.165, 1.54) is 0 Å². The summed E-state index contributed by atoms with van der Waals surface area (Å²) in [5.41, 5.74) is 0. The van der Waals surface area contributed by atoms with Gasteiger partial charge in [0.2, 0.25) is 0 Å². The summed E-state index contributed by atoms with van der Waals surface area (Å²) in [6.07, 6.45) is -0.00514. The van der Waals surface area contributed by atoms with Crippen LogP contribution in [0.2, 0.25) is 0 Å². The molecule has 0 aromatic carbocycles. The van der Waals surface area contributed by atoms with Gasteiger partial charge in [-0.1, -0.05) is 22.6 Å². The van der Waals surface area contributed by atoms with Crippen molar-refractivity contribution in [3.63, 3.8) is 0 Å². The Morgan fingerprint density at radius 1 is 1.38 bits per heavy atom. The van der Waals surface area contributed by atoms with Crippen LogP contribution < -0.4 is 0 Å². The lowest BCUT2D eigenvalue weighted by atomic mass is 10.0. The fourth-order valence-electron chi connectivity index (χ4n) is 1.39. The summed E-state index contributed by atoms with van der Waals surface area (Å²) >= 11 is 2.16. The second-order valence-electron chi connectivity index (χ2n) is 2.95. The molecule has 0 aromatic heterocycles. The number of amides is 1. The number of carboxylic acids is 1. The summed E-state index contributed by atoms with van der Waals surface area (Å²) in [6.45, 7) is 0.319. The molecular weight excluding hydrogens is 289 g/mol. The molecule has 0 aliphatic carbocycles. The summed E-state index contributed by atoms with van der Waals surface area (Å²) in [6, 6.07) is -0.867. The summed E-state index contributed by atoms with van der Waals surface area (Å²) in [5.74, 6) is -1.05. The number of piperidine rings is 1. The van der Waals surface area contributed by atoms with Gasteiger partial charge in [0, 0.05) is 10.5 Å². The van der Waals surface area contributed by atoms with E-state index < -0.39 is 18.1 Å². The Balaban J connectivity index is 2.72. The van der Waals surface area contributed by atoms with E-state index in [1.54, 1.807) is 0 Å². The zero-order chi connectivity index (χ0) is 10.0. The molecule has 0 spiro atoms. The maximum absolute atomic E-state index is 10.7. The Morgan fingerprint density at radius 3 is 2.46 bits per heavy atom. The predicted molar refractivity (Wildman–Crippen MR) is 53.2 cm³/mol. The van der Waals surface area contributed by atoms with Crippen LogP contribution >= 0.6 is 22.6 Å². The number of hydrogen-bond donors (Lipinski definition) is 2. The van der Waals surface area contributed by atoms with Gasteiger partial charge in [-0.3, -0.25) is 4.90 Å². The molecule has 74 valence electrons. The third kappa shape index (κ3) is 2.45. The van der Waals surface area contributed by atoms with E-state index >= 15 is 0 Å². The minimum absolute atomic E-state index is 0.259. The number of likely N-dealkylation sites (tertiary alicyclic amines) is 1. The van der Waals surface area contributed by atoms with Gasteiger partial charge in [0.05, 0.1) is 0 Å². The minimum atomic E-state index is -1.14. The molecule has 0 aromatic rings. The van der Waals surface area contributed by atoms with Crippen LogP contribution in [0.5, 0.6) is 0 Å². The summed E-state index contributed by atoms with van der Waals surface area (Å²) in [4.78, 5) is 22.3. The molecule has 1 fully saturated rings. The molecule has 0 bridgehead atoms. The fraction of sp³-hybridized carbons (Fsp3) is 0.714. The second kappa shape index (κ2) is 4.12. The first-order chi connectivity index (χ1) is 6.02. The lowest BCUT2D eigenvalue weighted by Gasteiger charge is -2.32. The molecule has 1 heterocycles. The van der Waals surface area contributed by atoms with Crippen LogP contribution in [-0.4, -0.2) is 43.7 Å². The quantitative estimate of drug-likeness (QED) is 0.560. The van der Waals surface area contributed by atoms with Crippen molar-refractivity contribution in [2.24, 2.45) is 0 Å². The van der Waals surface area contributed by atoms with Crippen molar-refractivity contribution in [2.45, 2.75) is 22.8 Å². The third-order valence-electron chi connectivity index (χ3n) is 2.07. The van der Waals surface area contributed by atoms with Crippen LogP contribution in [0, 0.1) is 0 Å². The Labute approximate surface area is 88.9 Å². The van der Waals surface area contributed by atoms with Crippen molar-refractivity contribution >= 4 is 34.7 Å². The van der Waals surface area contributed by atoms with Crippen molar-refractivity contribution in [2.75, 3.05) is 6.54 Å². The molecule has 2 N–H and O–H groups in total. The molecule has 1 rings (SSSR count). The highest BCUT2D eigenvalue weighted by molar-refractivity contribution is 14.1. The van der Waals surface area contributed by atoms with E-state index in [9.17, 15) is 9.59 Å². The summed E-state index contributed by atoms with van der Waals surface area (Å²) in [5, 5.41) is 17.5. The van der Waals surface area contributed by atoms with Gasteiger partial charge in [-0.2, -0.15) is 0 Å². The molecule has 2 atom stereocenters. The lowest BCUT2D eigenvalue weighted by Crippen LogP contribution is -2.49. The highest BCUT2D eigenvalue weighted by atomic mass is 127. The number of carboxylic acid groups (broad SMARTS) is 2. The Bertz CT molecular complexity index is 233. The van der Waals surface area contributed by atoms with Crippen LogP contribution in [0.4, 0.5) is 4.79 Å². The smallest absolute Gasteiger partial charge is 0.408 e. The predicted octanol–water partition coefficient (Wildman–Crippen LogP) is 1.02. The van der Waals surface area contributed by atoms with Gasteiger partial charge in [0.15, 0.2) is 0 Å². The number of alkyl halides is 1. The standard InChI is InChI=1S/C7H10INO4/c8-4-1-2-9(7(12)13)5(3-4)6(10)11/h4-5H,1-3H2,(H,10,11)(H,12,13). The van der Waals surface area contributed by atoms with E-state index in [-0.39, 0.29) is 3.92 Å². The Hall–Kier alpha value is -0.530. The van der Waals surface area contributed by atoms with E-state index in [0.717, 1.165) is 11.3 Å². The van der Waals surface area contributed by atoms with Crippen LogP contribution in [0.15, 0.2) is 0 Å². The molecule has 1 amide bonds. The number of aliphatic carboxylic acids is 1. The van der Waals surface area contributed by atoms with Gasteiger partial charge < -0.3 is 10.2 Å². The van der Waals surface area contributed by atoms with Crippen molar-refractivity contribution in [3.05, 3.63) is 0 Å². The zero-order valence-corrected chi connectivity index (χ0v) is 8.97. The van der Waals surface area contributed by atoms with Gasteiger partial charge >= 0.3 is 12.1 Å². The summed E-state index contributed by atoms with van der Waals surface area (Å²) in [7, 11) is 0. The number of nitrogens with zero attached hydrogens (tertiary/aromatic N) is 1. The highest BCUT2D eigenvalue weighted by Crippen LogP contribution is 2.23. The molecule has 1 aliphatic heterocycles. The number of rotatable bonds is 1. The van der Waals surface area contributed by atoms with E-state index in [0.29, 0.717) is 13.0 Å². The molecule has 0 radical (unpaired) electrons. The molecule has 6 heteroatoms. The Morgan fingerprint density at radius 2 is 2.00 bits per heavy atom. The van der Waals surface area contributed by atoms with Crippen LogP contribution in [0.3, 0.4) is 0 Å². The lowest BCUT2D eigenvalue weighted by molar-refractivity contribution is -0.143. The van der Waals surface area contributed by atoms with Gasteiger partial charge in [0.25, 0.3) is 0 Å². The van der Waals surface area contributed by atoms with Gasteiger partial charge in [0.1, 0.15) is 6.04 Å². The molecule has 0 saturated carbocycles. The SMILES string of the molecule is O=C(O)C1CC(I)CCN1C(=O)O. The average Bonchev–Trinajstić information content (AvgIpc) is 2.03. The molecule has 5 nitrogen and oxygen atoms in total. The minimum Gasteiger partial charge on any atom is -0.480 e. The third-order valence-corrected chi connectivity index (χ3v) is 3.20. The highest BCUT2D eigenvalue weighted by Gasteiger charge is 2.35. The van der Waals surface area contributed by atoms with Crippen LogP contribution in [0.25, 0.3) is 0 Å². The second-order valence-corrected chi connectivity index (χ2v) is 4.71. The molecule has 13 heavy (non-hydrogen) atoms. The van der Waals surface area contributed by atoms with Crippen molar-refractivity contribution in [3.8, 4) is 0 Å². The van der Waals surface area contributed by atoms with Gasteiger partial charge in [-0.15, -0.1) is 0 Å². The fourth-order valence-corrected chi connectivity index (χ4v) is 2.15. The van der Waals surface area contributed by atoms with Crippen molar-refractivity contribution in [1.29, 1.82) is 0 Å².